The molecule has 2 N–H and O–H groups in total. The van der Waals surface area contributed by atoms with Crippen molar-refractivity contribution in [1.82, 2.24) is 4.98 Å². The Kier molecular flexibility index (Phi) is 4.16. The first kappa shape index (κ1) is 14.6. The van der Waals surface area contributed by atoms with Crippen LogP contribution in [0.25, 0.3) is 0 Å². The Hall–Kier alpha value is -1.78. The van der Waals surface area contributed by atoms with E-state index >= 15 is 0 Å². The van der Waals surface area contributed by atoms with Gasteiger partial charge in [0.2, 0.25) is 0 Å². The number of esters is 1. The van der Waals surface area contributed by atoms with E-state index in [0.717, 1.165) is 25.2 Å². The van der Waals surface area contributed by atoms with Gasteiger partial charge in [-0.2, -0.15) is 0 Å². The van der Waals surface area contributed by atoms with Gasteiger partial charge < -0.3 is 15.4 Å². The minimum atomic E-state index is -0.406. The van der Waals surface area contributed by atoms with Crippen LogP contribution in [0.4, 0.5) is 11.5 Å². The molecular weight excluding hydrogens is 254 g/mol. The molecule has 5 heteroatoms. The molecule has 0 bridgehead atoms. The summed E-state index contributed by atoms with van der Waals surface area (Å²) in [6.07, 6.45) is 3.27. The fourth-order valence-electron chi connectivity index (χ4n) is 2.44. The maximum Gasteiger partial charge on any atom is 0.306 e. The van der Waals surface area contributed by atoms with Gasteiger partial charge in [-0.25, -0.2) is 4.98 Å². The standard InChI is InChI=1S/C15H23N3O2/c1-15(2,3)20-14(19)8-11-6-7-18(10-11)12-4-5-13(16)17-9-12/h4-5,9,11H,6-8,10H2,1-3H3,(H2,16,17). The summed E-state index contributed by atoms with van der Waals surface area (Å²) >= 11 is 0. The molecule has 1 aromatic rings. The summed E-state index contributed by atoms with van der Waals surface area (Å²) in [5, 5.41) is 0. The van der Waals surface area contributed by atoms with Crippen molar-refractivity contribution < 1.29 is 9.53 Å². The van der Waals surface area contributed by atoms with Crippen molar-refractivity contribution in [3.63, 3.8) is 0 Å². The first-order chi connectivity index (χ1) is 9.33. The summed E-state index contributed by atoms with van der Waals surface area (Å²) < 4.78 is 5.37. The fraction of sp³-hybridized carbons (Fsp3) is 0.600. The highest BCUT2D eigenvalue weighted by atomic mass is 16.6. The SMILES string of the molecule is CC(C)(C)OC(=O)CC1CCN(c2ccc(N)nc2)C1. The van der Waals surface area contributed by atoms with Gasteiger partial charge in [0.1, 0.15) is 11.4 Å². The van der Waals surface area contributed by atoms with Gasteiger partial charge in [-0.05, 0) is 45.2 Å². The van der Waals surface area contributed by atoms with E-state index in [-0.39, 0.29) is 5.97 Å². The van der Waals surface area contributed by atoms with Crippen LogP contribution in [0.2, 0.25) is 0 Å². The number of hydrogen-bond acceptors (Lipinski definition) is 5. The second-order valence-corrected chi connectivity index (χ2v) is 6.33. The largest absolute Gasteiger partial charge is 0.460 e. The van der Waals surface area contributed by atoms with E-state index in [2.05, 4.69) is 9.88 Å². The van der Waals surface area contributed by atoms with Crippen molar-refractivity contribution in [2.45, 2.75) is 39.2 Å². The van der Waals surface area contributed by atoms with Crippen molar-refractivity contribution in [3.05, 3.63) is 18.3 Å². The molecule has 1 saturated heterocycles. The number of carbonyl (C=O) groups is 1. The van der Waals surface area contributed by atoms with Gasteiger partial charge in [-0.15, -0.1) is 0 Å². The van der Waals surface area contributed by atoms with Gasteiger partial charge in [-0.1, -0.05) is 0 Å². The summed E-state index contributed by atoms with van der Waals surface area (Å²) in [5.41, 5.74) is 6.24. The van der Waals surface area contributed by atoms with Gasteiger partial charge in [0.15, 0.2) is 0 Å². The van der Waals surface area contributed by atoms with Crippen molar-refractivity contribution in [2.75, 3.05) is 23.7 Å². The summed E-state index contributed by atoms with van der Waals surface area (Å²) in [6, 6.07) is 3.77. The first-order valence-corrected chi connectivity index (χ1v) is 7.02. The van der Waals surface area contributed by atoms with Crippen molar-refractivity contribution in [2.24, 2.45) is 5.92 Å². The van der Waals surface area contributed by atoms with Crippen LogP contribution >= 0.6 is 0 Å². The summed E-state index contributed by atoms with van der Waals surface area (Å²) in [5.74, 6) is 0.764. The maximum atomic E-state index is 11.8. The number of anilines is 2. The first-order valence-electron chi connectivity index (χ1n) is 7.02. The molecule has 0 amide bonds. The number of nitrogens with two attached hydrogens (primary N) is 1. The van der Waals surface area contributed by atoms with E-state index in [9.17, 15) is 4.79 Å². The van der Waals surface area contributed by atoms with E-state index in [0.29, 0.717) is 18.2 Å². The predicted octanol–water partition coefficient (Wildman–Crippen LogP) is 2.22. The van der Waals surface area contributed by atoms with Gasteiger partial charge in [-0.3, -0.25) is 4.79 Å². The molecule has 0 radical (unpaired) electrons. The van der Waals surface area contributed by atoms with Crippen LogP contribution in [0.3, 0.4) is 0 Å². The number of pyridine rings is 1. The lowest BCUT2D eigenvalue weighted by Crippen LogP contribution is -2.26. The molecule has 20 heavy (non-hydrogen) atoms. The predicted molar refractivity (Wildman–Crippen MR) is 79.4 cm³/mol. The molecule has 1 atom stereocenters. The highest BCUT2D eigenvalue weighted by Gasteiger charge is 2.27. The van der Waals surface area contributed by atoms with Crippen molar-refractivity contribution >= 4 is 17.5 Å². The van der Waals surface area contributed by atoms with Crippen LogP contribution < -0.4 is 10.6 Å². The lowest BCUT2D eigenvalue weighted by Gasteiger charge is -2.21. The third-order valence-electron chi connectivity index (χ3n) is 3.30. The Morgan fingerprint density at radius 3 is 2.85 bits per heavy atom. The normalized spacial score (nSPS) is 19.1. The Labute approximate surface area is 120 Å². The Bertz CT molecular complexity index is 465. The fourth-order valence-corrected chi connectivity index (χ4v) is 2.44. The van der Waals surface area contributed by atoms with Gasteiger partial charge in [0.05, 0.1) is 18.3 Å². The number of nitrogen functional groups attached to an aromatic ring is 1. The smallest absolute Gasteiger partial charge is 0.306 e. The summed E-state index contributed by atoms with van der Waals surface area (Å²) in [6.45, 7) is 7.49. The van der Waals surface area contributed by atoms with Crippen LogP contribution in [0.15, 0.2) is 18.3 Å². The number of hydrogen-bond donors (Lipinski definition) is 1. The molecule has 5 nitrogen and oxygen atoms in total. The Morgan fingerprint density at radius 2 is 2.25 bits per heavy atom. The number of rotatable bonds is 3. The maximum absolute atomic E-state index is 11.8. The molecular formula is C15H23N3O2. The molecule has 0 aliphatic carbocycles. The average Bonchev–Trinajstić information content (AvgIpc) is 2.75. The number of ether oxygens (including phenoxy) is 1. The third kappa shape index (κ3) is 4.11. The molecule has 2 rings (SSSR count). The molecule has 1 aliphatic rings. The minimum Gasteiger partial charge on any atom is -0.460 e. The monoisotopic (exact) mass is 277 g/mol. The lowest BCUT2D eigenvalue weighted by atomic mass is 10.1. The summed E-state index contributed by atoms with van der Waals surface area (Å²) in [7, 11) is 0. The highest BCUT2D eigenvalue weighted by molar-refractivity contribution is 5.70. The summed E-state index contributed by atoms with van der Waals surface area (Å²) in [4.78, 5) is 18.2. The second-order valence-electron chi connectivity index (χ2n) is 6.33. The molecule has 0 aromatic carbocycles. The van der Waals surface area contributed by atoms with E-state index in [1.807, 2.05) is 26.8 Å². The molecule has 110 valence electrons. The zero-order valence-electron chi connectivity index (χ0n) is 12.4. The van der Waals surface area contributed by atoms with Crippen LogP contribution in [0.1, 0.15) is 33.6 Å². The Morgan fingerprint density at radius 1 is 1.50 bits per heavy atom. The van der Waals surface area contributed by atoms with Crippen molar-refractivity contribution in [3.8, 4) is 0 Å². The zero-order chi connectivity index (χ0) is 14.8. The zero-order valence-corrected chi connectivity index (χ0v) is 12.4. The van der Waals surface area contributed by atoms with Gasteiger partial charge in [0.25, 0.3) is 0 Å². The van der Waals surface area contributed by atoms with Crippen LogP contribution in [0, 0.1) is 5.92 Å². The molecule has 0 spiro atoms. The number of aromatic nitrogens is 1. The van der Waals surface area contributed by atoms with Gasteiger partial charge >= 0.3 is 5.97 Å². The number of carbonyl (C=O) groups excluding carboxylic acids is 1. The lowest BCUT2D eigenvalue weighted by molar-refractivity contribution is -0.155. The minimum absolute atomic E-state index is 0.111. The Balaban J connectivity index is 1.86. The molecule has 1 aromatic heterocycles. The molecule has 1 fully saturated rings. The van der Waals surface area contributed by atoms with Crippen LogP contribution in [0.5, 0.6) is 0 Å². The van der Waals surface area contributed by atoms with Crippen molar-refractivity contribution in [1.29, 1.82) is 0 Å². The van der Waals surface area contributed by atoms with Crippen LogP contribution in [-0.4, -0.2) is 29.6 Å². The molecule has 2 heterocycles. The highest BCUT2D eigenvalue weighted by Crippen LogP contribution is 2.26. The van der Waals surface area contributed by atoms with E-state index in [1.54, 1.807) is 12.3 Å². The van der Waals surface area contributed by atoms with E-state index < -0.39 is 5.60 Å². The number of nitrogens with zero attached hydrogens (tertiary/aromatic N) is 2. The molecule has 1 unspecified atom stereocenters. The van der Waals surface area contributed by atoms with Crippen LogP contribution in [-0.2, 0) is 9.53 Å². The topological polar surface area (TPSA) is 68.5 Å². The third-order valence-corrected chi connectivity index (χ3v) is 3.30. The van der Waals surface area contributed by atoms with E-state index in [1.165, 1.54) is 0 Å². The van der Waals surface area contributed by atoms with Gasteiger partial charge in [0, 0.05) is 13.1 Å². The quantitative estimate of drug-likeness (QED) is 0.858. The molecule has 1 aliphatic heterocycles. The second kappa shape index (κ2) is 5.69. The van der Waals surface area contributed by atoms with E-state index in [4.69, 9.17) is 10.5 Å². The average molecular weight is 277 g/mol. The molecule has 0 saturated carbocycles.